The number of carbonyl (C=O) groups is 2. The Bertz CT molecular complexity index is 512. The molecule has 2 N–H and O–H groups in total. The predicted molar refractivity (Wildman–Crippen MR) is 94.0 cm³/mol. The van der Waals surface area contributed by atoms with Crippen LogP contribution < -0.4 is 10.6 Å². The molecule has 0 atom stereocenters. The quantitative estimate of drug-likeness (QED) is 0.662. The van der Waals surface area contributed by atoms with Gasteiger partial charge in [-0.3, -0.25) is 9.59 Å². The standard InChI is InChI=1S/C15H20Cl2N2O2S/c1-2-3-8-22-10-14(20)18-6-7-19-15(21)11-4-5-12(16)13(17)9-11/h4-5,9H,2-3,6-8,10H2,1H3,(H,18,20)(H,19,21). The summed E-state index contributed by atoms with van der Waals surface area (Å²) in [5.41, 5.74) is 0.441. The van der Waals surface area contributed by atoms with Gasteiger partial charge >= 0.3 is 0 Å². The van der Waals surface area contributed by atoms with Gasteiger partial charge in [0.05, 0.1) is 15.8 Å². The van der Waals surface area contributed by atoms with E-state index >= 15 is 0 Å². The zero-order valence-corrected chi connectivity index (χ0v) is 14.8. The van der Waals surface area contributed by atoms with Gasteiger partial charge in [0.1, 0.15) is 0 Å². The minimum Gasteiger partial charge on any atom is -0.354 e. The second-order valence-electron chi connectivity index (χ2n) is 4.64. The Balaban J connectivity index is 2.19. The molecule has 0 aromatic heterocycles. The number of amides is 2. The summed E-state index contributed by atoms with van der Waals surface area (Å²) in [4.78, 5) is 23.4. The zero-order chi connectivity index (χ0) is 16.4. The minimum atomic E-state index is -0.245. The van der Waals surface area contributed by atoms with Crippen molar-refractivity contribution in [2.75, 3.05) is 24.6 Å². The van der Waals surface area contributed by atoms with Crippen LogP contribution in [0.5, 0.6) is 0 Å². The molecule has 22 heavy (non-hydrogen) atoms. The summed E-state index contributed by atoms with van der Waals surface area (Å²) < 4.78 is 0. The molecule has 0 saturated heterocycles. The molecule has 0 fully saturated rings. The summed E-state index contributed by atoms with van der Waals surface area (Å²) in [6.07, 6.45) is 2.26. The van der Waals surface area contributed by atoms with Gasteiger partial charge in [0, 0.05) is 18.7 Å². The Morgan fingerprint density at radius 2 is 1.86 bits per heavy atom. The molecular weight excluding hydrogens is 343 g/mol. The Morgan fingerprint density at radius 1 is 1.14 bits per heavy atom. The fourth-order valence-electron chi connectivity index (χ4n) is 1.58. The normalized spacial score (nSPS) is 10.3. The second kappa shape index (κ2) is 10.8. The van der Waals surface area contributed by atoms with E-state index in [-0.39, 0.29) is 11.8 Å². The van der Waals surface area contributed by atoms with Crippen LogP contribution >= 0.6 is 35.0 Å². The van der Waals surface area contributed by atoms with E-state index in [2.05, 4.69) is 17.6 Å². The number of rotatable bonds is 9. The SMILES string of the molecule is CCCCSCC(=O)NCCNC(=O)c1ccc(Cl)c(Cl)c1. The summed E-state index contributed by atoms with van der Waals surface area (Å²) in [5, 5.41) is 6.23. The first-order chi connectivity index (χ1) is 10.5. The van der Waals surface area contributed by atoms with Crippen molar-refractivity contribution in [2.24, 2.45) is 0 Å². The molecule has 0 radical (unpaired) electrons. The minimum absolute atomic E-state index is 0.00936. The van der Waals surface area contributed by atoms with Crippen LogP contribution in [0.1, 0.15) is 30.1 Å². The average molecular weight is 363 g/mol. The van der Waals surface area contributed by atoms with Crippen LogP contribution in [0.2, 0.25) is 10.0 Å². The van der Waals surface area contributed by atoms with Crippen LogP contribution in [0.4, 0.5) is 0 Å². The maximum Gasteiger partial charge on any atom is 0.251 e. The lowest BCUT2D eigenvalue weighted by Crippen LogP contribution is -2.35. The first-order valence-electron chi connectivity index (χ1n) is 7.12. The highest BCUT2D eigenvalue weighted by Gasteiger charge is 2.07. The summed E-state index contributed by atoms with van der Waals surface area (Å²) in [5.74, 6) is 1.20. The molecule has 1 aromatic carbocycles. The van der Waals surface area contributed by atoms with Crippen molar-refractivity contribution < 1.29 is 9.59 Å². The summed E-state index contributed by atoms with van der Waals surface area (Å²) in [6.45, 7) is 2.89. The Kier molecular flexibility index (Phi) is 9.36. The number of halogens is 2. The molecule has 0 aliphatic carbocycles. The van der Waals surface area contributed by atoms with Crippen molar-refractivity contribution in [1.82, 2.24) is 10.6 Å². The molecule has 4 nitrogen and oxygen atoms in total. The van der Waals surface area contributed by atoms with E-state index in [1.807, 2.05) is 0 Å². The molecule has 0 bridgehead atoms. The molecule has 7 heteroatoms. The average Bonchev–Trinajstić information content (AvgIpc) is 2.50. The molecule has 0 unspecified atom stereocenters. The van der Waals surface area contributed by atoms with Gasteiger partial charge in [0.15, 0.2) is 0 Å². The fraction of sp³-hybridized carbons (Fsp3) is 0.467. The van der Waals surface area contributed by atoms with Gasteiger partial charge in [0.25, 0.3) is 5.91 Å². The molecule has 2 amide bonds. The van der Waals surface area contributed by atoms with E-state index in [1.54, 1.807) is 23.9 Å². The maximum atomic E-state index is 11.9. The smallest absolute Gasteiger partial charge is 0.251 e. The number of carbonyl (C=O) groups excluding carboxylic acids is 2. The van der Waals surface area contributed by atoms with Gasteiger partial charge in [-0.25, -0.2) is 0 Å². The number of nitrogens with one attached hydrogen (secondary N) is 2. The Morgan fingerprint density at radius 3 is 2.55 bits per heavy atom. The van der Waals surface area contributed by atoms with E-state index in [4.69, 9.17) is 23.2 Å². The highest BCUT2D eigenvalue weighted by molar-refractivity contribution is 7.99. The van der Waals surface area contributed by atoms with Gasteiger partial charge in [-0.15, -0.1) is 0 Å². The van der Waals surface area contributed by atoms with Crippen LogP contribution in [-0.2, 0) is 4.79 Å². The lowest BCUT2D eigenvalue weighted by atomic mass is 10.2. The zero-order valence-electron chi connectivity index (χ0n) is 12.5. The number of unbranched alkanes of at least 4 members (excludes halogenated alkanes) is 1. The van der Waals surface area contributed by atoms with Crippen LogP contribution in [0.3, 0.4) is 0 Å². The lowest BCUT2D eigenvalue weighted by Gasteiger charge is -2.07. The Labute approximate surface area is 145 Å². The highest BCUT2D eigenvalue weighted by Crippen LogP contribution is 2.22. The van der Waals surface area contributed by atoms with Crippen molar-refractivity contribution in [3.8, 4) is 0 Å². The monoisotopic (exact) mass is 362 g/mol. The molecule has 0 aliphatic heterocycles. The van der Waals surface area contributed by atoms with Gasteiger partial charge < -0.3 is 10.6 Å². The number of hydrogen-bond acceptors (Lipinski definition) is 3. The largest absolute Gasteiger partial charge is 0.354 e. The molecule has 0 spiro atoms. The van der Waals surface area contributed by atoms with E-state index in [9.17, 15) is 9.59 Å². The van der Waals surface area contributed by atoms with E-state index in [0.717, 1.165) is 18.6 Å². The first-order valence-corrected chi connectivity index (χ1v) is 9.03. The van der Waals surface area contributed by atoms with Crippen LogP contribution in [-0.4, -0.2) is 36.4 Å². The van der Waals surface area contributed by atoms with E-state index in [1.165, 1.54) is 6.07 Å². The van der Waals surface area contributed by atoms with Gasteiger partial charge in [-0.2, -0.15) is 11.8 Å². The lowest BCUT2D eigenvalue weighted by molar-refractivity contribution is -0.118. The van der Waals surface area contributed by atoms with Crippen molar-refractivity contribution in [2.45, 2.75) is 19.8 Å². The third-order valence-electron chi connectivity index (χ3n) is 2.79. The van der Waals surface area contributed by atoms with E-state index < -0.39 is 0 Å². The first kappa shape index (κ1) is 19.1. The van der Waals surface area contributed by atoms with Crippen molar-refractivity contribution in [1.29, 1.82) is 0 Å². The van der Waals surface area contributed by atoms with Gasteiger partial charge in [-0.1, -0.05) is 36.5 Å². The number of benzene rings is 1. The maximum absolute atomic E-state index is 11.9. The molecule has 1 aromatic rings. The summed E-state index contributed by atoms with van der Waals surface area (Å²) >= 11 is 13.3. The van der Waals surface area contributed by atoms with Crippen LogP contribution in [0.15, 0.2) is 18.2 Å². The molecule has 1 rings (SSSR count). The van der Waals surface area contributed by atoms with E-state index in [0.29, 0.717) is 34.5 Å². The molecule has 122 valence electrons. The Hall–Kier alpha value is -0.910. The number of hydrogen-bond donors (Lipinski definition) is 2. The van der Waals surface area contributed by atoms with Crippen LogP contribution in [0.25, 0.3) is 0 Å². The summed E-state index contributed by atoms with van der Waals surface area (Å²) in [7, 11) is 0. The van der Waals surface area contributed by atoms with Gasteiger partial charge in [0.2, 0.25) is 5.91 Å². The third-order valence-corrected chi connectivity index (χ3v) is 4.57. The van der Waals surface area contributed by atoms with Crippen LogP contribution in [0, 0.1) is 0 Å². The van der Waals surface area contributed by atoms with Crippen molar-refractivity contribution >= 4 is 46.8 Å². The van der Waals surface area contributed by atoms with Crippen molar-refractivity contribution in [3.63, 3.8) is 0 Å². The fourth-order valence-corrected chi connectivity index (χ4v) is 2.80. The highest BCUT2D eigenvalue weighted by atomic mass is 35.5. The summed E-state index contributed by atoms with van der Waals surface area (Å²) in [6, 6.07) is 4.70. The number of thioether (sulfide) groups is 1. The topological polar surface area (TPSA) is 58.2 Å². The molecular formula is C15H20Cl2N2O2S. The molecule has 0 heterocycles. The third kappa shape index (κ3) is 7.38. The second-order valence-corrected chi connectivity index (χ2v) is 6.56. The molecule has 0 aliphatic rings. The molecule has 0 saturated carbocycles. The van der Waals surface area contributed by atoms with Gasteiger partial charge in [-0.05, 0) is 30.4 Å². The van der Waals surface area contributed by atoms with Crippen molar-refractivity contribution in [3.05, 3.63) is 33.8 Å². The predicted octanol–water partition coefficient (Wildman–Crippen LogP) is 3.37.